The molecule has 156 valence electrons. The normalized spacial score (nSPS) is 26.0. The van der Waals surface area contributed by atoms with E-state index in [1.807, 2.05) is 12.2 Å². The van der Waals surface area contributed by atoms with Crippen LogP contribution in [0, 0.1) is 17.3 Å². The van der Waals surface area contributed by atoms with Gasteiger partial charge in [-0.15, -0.1) is 0 Å². The highest BCUT2D eigenvalue weighted by Gasteiger charge is 2.53. The Morgan fingerprint density at radius 1 is 1.19 bits per heavy atom. The van der Waals surface area contributed by atoms with Gasteiger partial charge in [-0.05, 0) is 44.4 Å². The maximum Gasteiger partial charge on any atom is 0.303 e. The molecule has 0 saturated heterocycles. The van der Waals surface area contributed by atoms with Crippen LogP contribution in [0.1, 0.15) is 85.0 Å². The minimum absolute atomic E-state index is 0.0932. The van der Waals surface area contributed by atoms with Crippen LogP contribution in [0.4, 0.5) is 0 Å². The van der Waals surface area contributed by atoms with E-state index in [0.29, 0.717) is 32.1 Å². The van der Waals surface area contributed by atoms with E-state index in [4.69, 9.17) is 5.11 Å². The van der Waals surface area contributed by atoms with E-state index in [2.05, 4.69) is 6.92 Å². The van der Waals surface area contributed by atoms with Crippen LogP contribution in [0.25, 0.3) is 0 Å². The molecule has 1 fully saturated rings. The highest BCUT2D eigenvalue weighted by molar-refractivity contribution is 5.90. The van der Waals surface area contributed by atoms with Gasteiger partial charge >= 0.3 is 5.97 Å². The molecule has 0 aliphatic heterocycles. The minimum Gasteiger partial charge on any atom is -0.481 e. The molecule has 1 aliphatic rings. The molecule has 0 spiro atoms. The van der Waals surface area contributed by atoms with Crippen LogP contribution < -0.4 is 0 Å². The second kappa shape index (κ2) is 11.6. The Bertz CT molecular complexity index is 497. The fraction of sp³-hybridized carbons (Fsp3) is 0.818. The lowest BCUT2D eigenvalue weighted by Gasteiger charge is -2.25. The zero-order valence-electron chi connectivity index (χ0n) is 17.2. The molecule has 1 rings (SSSR count). The van der Waals surface area contributed by atoms with Crippen LogP contribution >= 0.6 is 0 Å². The fourth-order valence-corrected chi connectivity index (χ4v) is 4.11. The number of unbranched alkanes of at least 4 members (excludes halogenated alkanes) is 3. The molecule has 0 bridgehead atoms. The fourth-order valence-electron chi connectivity index (χ4n) is 4.11. The van der Waals surface area contributed by atoms with Crippen LogP contribution in [-0.2, 0) is 9.59 Å². The summed E-state index contributed by atoms with van der Waals surface area (Å²) in [6, 6.07) is 0. The smallest absolute Gasteiger partial charge is 0.303 e. The molecule has 4 atom stereocenters. The van der Waals surface area contributed by atoms with E-state index < -0.39 is 17.5 Å². The first-order valence-electron chi connectivity index (χ1n) is 10.5. The molecule has 1 aliphatic carbocycles. The summed E-state index contributed by atoms with van der Waals surface area (Å²) in [5.74, 6) is -1.06. The number of aliphatic carboxylic acids is 1. The van der Waals surface area contributed by atoms with Gasteiger partial charge in [-0.25, -0.2) is 0 Å². The van der Waals surface area contributed by atoms with Crippen molar-refractivity contribution in [3.63, 3.8) is 0 Å². The molecule has 5 heteroatoms. The second-order valence-electron chi connectivity index (χ2n) is 8.52. The summed E-state index contributed by atoms with van der Waals surface area (Å²) in [5.41, 5.74) is -0.750. The monoisotopic (exact) mass is 382 g/mol. The third-order valence-electron chi connectivity index (χ3n) is 5.93. The summed E-state index contributed by atoms with van der Waals surface area (Å²) >= 11 is 0. The molecule has 5 nitrogen and oxygen atoms in total. The quantitative estimate of drug-likeness (QED) is 0.329. The van der Waals surface area contributed by atoms with Crippen LogP contribution in [0.3, 0.4) is 0 Å². The van der Waals surface area contributed by atoms with Crippen molar-refractivity contribution in [2.24, 2.45) is 17.3 Å². The number of allylic oxidation sites excluding steroid dienone is 2. The van der Waals surface area contributed by atoms with Gasteiger partial charge in [-0.1, -0.05) is 52.2 Å². The standard InChI is InChI=1S/C22H38O5/c1-4-5-8-11-16(23)14-15-18-17(20(26)22(2,3)21(18)27)12-9-6-7-10-13-19(24)25/h6,9,16-18,21,23,27H,4-5,7-8,10-15H2,1-3H3,(H,24,25)/t16-,17+,18+,21-/m0/s1. The number of hydrogen-bond donors (Lipinski definition) is 3. The molecular weight excluding hydrogens is 344 g/mol. The number of carboxylic acid groups (broad SMARTS) is 1. The maximum absolute atomic E-state index is 12.8. The summed E-state index contributed by atoms with van der Waals surface area (Å²) in [7, 11) is 0. The Hall–Kier alpha value is -1.20. The van der Waals surface area contributed by atoms with Gasteiger partial charge < -0.3 is 15.3 Å². The SMILES string of the molecule is CCCCC[C@H](O)CC[C@@H]1[C@@H](CC=CCCCC(=O)O)C(=O)C(C)(C)[C@H]1O. The van der Waals surface area contributed by atoms with Crippen molar-refractivity contribution in [2.75, 3.05) is 0 Å². The van der Waals surface area contributed by atoms with Gasteiger partial charge in [0.2, 0.25) is 0 Å². The Balaban J connectivity index is 2.58. The zero-order chi connectivity index (χ0) is 20.4. The zero-order valence-corrected chi connectivity index (χ0v) is 17.2. The first-order valence-corrected chi connectivity index (χ1v) is 10.5. The number of Topliss-reactive ketones (excluding diaryl/α,β-unsaturated/α-hetero) is 1. The average molecular weight is 383 g/mol. The van der Waals surface area contributed by atoms with Crippen molar-refractivity contribution in [1.29, 1.82) is 0 Å². The number of rotatable bonds is 13. The summed E-state index contributed by atoms with van der Waals surface area (Å²) < 4.78 is 0. The van der Waals surface area contributed by atoms with Crippen LogP contribution in [0.5, 0.6) is 0 Å². The Morgan fingerprint density at radius 3 is 2.52 bits per heavy atom. The molecule has 0 unspecified atom stereocenters. The van der Waals surface area contributed by atoms with Crippen LogP contribution in [0.15, 0.2) is 12.2 Å². The van der Waals surface area contributed by atoms with Crippen molar-refractivity contribution in [1.82, 2.24) is 0 Å². The van der Waals surface area contributed by atoms with Crippen molar-refractivity contribution in [2.45, 2.75) is 97.2 Å². The molecule has 27 heavy (non-hydrogen) atoms. The summed E-state index contributed by atoms with van der Waals surface area (Å²) in [6.45, 7) is 5.75. The lowest BCUT2D eigenvalue weighted by Crippen LogP contribution is -2.32. The van der Waals surface area contributed by atoms with E-state index in [1.165, 1.54) is 0 Å². The number of carboxylic acids is 1. The first-order chi connectivity index (χ1) is 12.7. The van der Waals surface area contributed by atoms with Crippen LogP contribution in [0.2, 0.25) is 0 Å². The molecular formula is C22H38O5. The van der Waals surface area contributed by atoms with Crippen LogP contribution in [-0.4, -0.2) is 39.3 Å². The lowest BCUT2D eigenvalue weighted by atomic mass is 9.85. The topological polar surface area (TPSA) is 94.8 Å². The number of aliphatic hydroxyl groups excluding tert-OH is 2. The maximum atomic E-state index is 12.8. The molecule has 3 N–H and O–H groups in total. The largest absolute Gasteiger partial charge is 0.481 e. The van der Waals surface area contributed by atoms with Gasteiger partial charge in [0, 0.05) is 17.8 Å². The average Bonchev–Trinajstić information content (AvgIpc) is 2.76. The number of hydrogen-bond acceptors (Lipinski definition) is 4. The third-order valence-corrected chi connectivity index (χ3v) is 5.93. The highest BCUT2D eigenvalue weighted by atomic mass is 16.4. The third kappa shape index (κ3) is 7.38. The van der Waals surface area contributed by atoms with Crippen molar-refractivity contribution >= 4 is 11.8 Å². The molecule has 0 heterocycles. The number of aliphatic hydroxyl groups is 2. The molecule has 0 aromatic carbocycles. The predicted octanol–water partition coefficient (Wildman–Crippen LogP) is 4.11. The summed E-state index contributed by atoms with van der Waals surface area (Å²) in [6.07, 6.45) is 10.1. The first kappa shape index (κ1) is 23.8. The van der Waals surface area contributed by atoms with Gasteiger partial charge in [0.05, 0.1) is 12.2 Å². The van der Waals surface area contributed by atoms with Gasteiger partial charge in [0.25, 0.3) is 0 Å². The van der Waals surface area contributed by atoms with E-state index in [9.17, 15) is 19.8 Å². The Kier molecular flexibility index (Phi) is 10.2. The summed E-state index contributed by atoms with van der Waals surface area (Å²) in [5, 5.41) is 29.5. The van der Waals surface area contributed by atoms with E-state index in [1.54, 1.807) is 13.8 Å². The number of carbonyl (C=O) groups excluding carboxylic acids is 1. The summed E-state index contributed by atoms with van der Waals surface area (Å²) in [4.78, 5) is 23.3. The highest BCUT2D eigenvalue weighted by Crippen LogP contribution is 2.46. The Labute approximate surface area is 163 Å². The number of ketones is 1. The lowest BCUT2D eigenvalue weighted by molar-refractivity contribution is -0.137. The van der Waals surface area contributed by atoms with Gasteiger partial charge in [-0.2, -0.15) is 0 Å². The minimum atomic E-state index is -0.795. The van der Waals surface area contributed by atoms with Gasteiger partial charge in [0.15, 0.2) is 0 Å². The van der Waals surface area contributed by atoms with Crippen molar-refractivity contribution < 1.29 is 24.9 Å². The van der Waals surface area contributed by atoms with E-state index in [0.717, 1.165) is 25.7 Å². The Morgan fingerprint density at radius 2 is 1.89 bits per heavy atom. The van der Waals surface area contributed by atoms with Gasteiger partial charge in [-0.3, -0.25) is 9.59 Å². The van der Waals surface area contributed by atoms with Crippen molar-refractivity contribution in [3.05, 3.63) is 12.2 Å². The molecule has 0 radical (unpaired) electrons. The second-order valence-corrected chi connectivity index (χ2v) is 8.52. The predicted molar refractivity (Wildman–Crippen MR) is 106 cm³/mol. The molecule has 0 aromatic heterocycles. The van der Waals surface area contributed by atoms with E-state index in [-0.39, 0.29) is 30.1 Å². The van der Waals surface area contributed by atoms with Gasteiger partial charge in [0.1, 0.15) is 5.78 Å². The number of carbonyl (C=O) groups is 2. The molecule has 0 aromatic rings. The van der Waals surface area contributed by atoms with Crippen molar-refractivity contribution in [3.8, 4) is 0 Å². The van der Waals surface area contributed by atoms with E-state index >= 15 is 0 Å². The molecule has 0 amide bonds. The molecule has 1 saturated carbocycles.